The molecule has 28 heavy (non-hydrogen) atoms. The first-order chi connectivity index (χ1) is 13.5. The molecule has 3 aromatic rings. The second-order valence-corrected chi connectivity index (χ2v) is 7.78. The van der Waals surface area contributed by atoms with Crippen molar-refractivity contribution < 1.29 is 14.3 Å². The van der Waals surface area contributed by atoms with Gasteiger partial charge in [-0.15, -0.1) is 11.8 Å². The standard InChI is InChI=1S/C22H24N2O3S/c1-14-8-9-20(15(2)10-14)28-13-21(25)24-19(22(26)27-3)11-16-12-23-18-7-5-4-6-17(16)18/h4-10,12,19,23H,11,13H2,1-3H3,(H,24,25)/t19-/m0/s1. The van der Waals surface area contributed by atoms with Gasteiger partial charge in [0.2, 0.25) is 5.91 Å². The Morgan fingerprint density at radius 1 is 1.18 bits per heavy atom. The van der Waals surface area contributed by atoms with Crippen LogP contribution < -0.4 is 5.32 Å². The fourth-order valence-electron chi connectivity index (χ4n) is 3.20. The van der Waals surface area contributed by atoms with Crippen LogP contribution in [0.1, 0.15) is 16.7 Å². The lowest BCUT2D eigenvalue weighted by Crippen LogP contribution is -2.43. The van der Waals surface area contributed by atoms with Gasteiger partial charge < -0.3 is 15.0 Å². The number of thioether (sulfide) groups is 1. The van der Waals surface area contributed by atoms with Gasteiger partial charge in [-0.2, -0.15) is 0 Å². The molecule has 6 heteroatoms. The van der Waals surface area contributed by atoms with Crippen molar-refractivity contribution in [3.05, 3.63) is 65.4 Å². The number of hydrogen-bond donors (Lipinski definition) is 2. The first kappa shape index (κ1) is 20.0. The Kier molecular flexibility index (Phi) is 6.41. The summed E-state index contributed by atoms with van der Waals surface area (Å²) in [6, 6.07) is 13.3. The lowest BCUT2D eigenvalue weighted by Gasteiger charge is -2.16. The Bertz CT molecular complexity index is 996. The van der Waals surface area contributed by atoms with Crippen molar-refractivity contribution in [1.82, 2.24) is 10.3 Å². The van der Waals surface area contributed by atoms with Gasteiger partial charge in [-0.1, -0.05) is 35.9 Å². The summed E-state index contributed by atoms with van der Waals surface area (Å²) in [6.07, 6.45) is 2.24. The van der Waals surface area contributed by atoms with E-state index in [4.69, 9.17) is 4.74 Å². The lowest BCUT2D eigenvalue weighted by atomic mass is 10.0. The highest BCUT2D eigenvalue weighted by Gasteiger charge is 2.23. The Morgan fingerprint density at radius 2 is 1.96 bits per heavy atom. The van der Waals surface area contributed by atoms with Crippen LogP contribution in [0, 0.1) is 13.8 Å². The number of fused-ring (bicyclic) bond motifs is 1. The van der Waals surface area contributed by atoms with E-state index in [1.165, 1.54) is 24.4 Å². The molecule has 0 saturated carbocycles. The minimum atomic E-state index is -0.726. The molecule has 1 heterocycles. The summed E-state index contributed by atoms with van der Waals surface area (Å²) in [5.41, 5.74) is 4.29. The van der Waals surface area contributed by atoms with E-state index in [-0.39, 0.29) is 11.7 Å². The predicted molar refractivity (Wildman–Crippen MR) is 113 cm³/mol. The quantitative estimate of drug-likeness (QED) is 0.471. The van der Waals surface area contributed by atoms with Crippen LogP contribution >= 0.6 is 11.8 Å². The molecule has 0 aliphatic carbocycles. The van der Waals surface area contributed by atoms with Crippen LogP contribution in [0.3, 0.4) is 0 Å². The first-order valence-electron chi connectivity index (χ1n) is 9.10. The third kappa shape index (κ3) is 4.75. The number of nitrogens with one attached hydrogen (secondary N) is 2. The van der Waals surface area contributed by atoms with E-state index in [2.05, 4.69) is 16.4 Å². The fraction of sp³-hybridized carbons (Fsp3) is 0.273. The largest absolute Gasteiger partial charge is 0.467 e. The number of amides is 1. The maximum atomic E-state index is 12.5. The molecule has 0 saturated heterocycles. The molecular weight excluding hydrogens is 372 g/mol. The maximum Gasteiger partial charge on any atom is 0.328 e. The molecule has 146 valence electrons. The number of carbonyl (C=O) groups is 2. The van der Waals surface area contributed by atoms with E-state index in [0.717, 1.165) is 26.9 Å². The number of aromatic amines is 1. The van der Waals surface area contributed by atoms with E-state index < -0.39 is 12.0 Å². The summed E-state index contributed by atoms with van der Waals surface area (Å²) in [5, 5.41) is 3.86. The number of aromatic nitrogens is 1. The second-order valence-electron chi connectivity index (χ2n) is 6.76. The zero-order valence-electron chi connectivity index (χ0n) is 16.2. The fourth-order valence-corrected chi connectivity index (χ4v) is 4.02. The molecule has 1 atom stereocenters. The Labute approximate surface area is 168 Å². The molecule has 1 amide bonds. The van der Waals surface area contributed by atoms with Crippen molar-refractivity contribution in [3.8, 4) is 0 Å². The molecule has 0 aliphatic rings. The predicted octanol–water partition coefficient (Wildman–Crippen LogP) is 3.78. The van der Waals surface area contributed by atoms with Crippen molar-refractivity contribution in [2.45, 2.75) is 31.2 Å². The molecule has 5 nitrogen and oxygen atoms in total. The van der Waals surface area contributed by atoms with Crippen molar-refractivity contribution in [1.29, 1.82) is 0 Å². The number of ether oxygens (including phenoxy) is 1. The molecule has 1 aromatic heterocycles. The monoisotopic (exact) mass is 396 g/mol. The van der Waals surface area contributed by atoms with E-state index in [1.807, 2.05) is 56.4 Å². The third-order valence-electron chi connectivity index (χ3n) is 4.61. The maximum absolute atomic E-state index is 12.5. The van der Waals surface area contributed by atoms with Crippen LogP contribution in [-0.2, 0) is 20.7 Å². The summed E-state index contributed by atoms with van der Waals surface area (Å²) in [7, 11) is 1.33. The van der Waals surface area contributed by atoms with Gasteiger partial charge in [0.15, 0.2) is 0 Å². The van der Waals surface area contributed by atoms with Crippen molar-refractivity contribution >= 4 is 34.5 Å². The van der Waals surface area contributed by atoms with Crippen molar-refractivity contribution in [2.75, 3.05) is 12.9 Å². The summed E-state index contributed by atoms with van der Waals surface area (Å²) in [4.78, 5) is 28.9. The molecule has 2 aromatic carbocycles. The average Bonchev–Trinajstić information content (AvgIpc) is 3.09. The SMILES string of the molecule is COC(=O)[C@H](Cc1c[nH]c2ccccc12)NC(=O)CSc1ccc(C)cc1C. The molecule has 0 radical (unpaired) electrons. The van der Waals surface area contributed by atoms with Gasteiger partial charge in [0, 0.05) is 28.4 Å². The zero-order chi connectivity index (χ0) is 20.1. The second kappa shape index (κ2) is 8.97. The average molecular weight is 397 g/mol. The van der Waals surface area contributed by atoms with E-state index in [1.54, 1.807) is 0 Å². The van der Waals surface area contributed by atoms with Gasteiger partial charge >= 0.3 is 5.97 Å². The number of methoxy groups -OCH3 is 1. The minimum absolute atomic E-state index is 0.194. The number of carbonyl (C=O) groups excluding carboxylic acids is 2. The smallest absolute Gasteiger partial charge is 0.328 e. The number of hydrogen-bond acceptors (Lipinski definition) is 4. The highest BCUT2D eigenvalue weighted by Crippen LogP contribution is 2.23. The Hall–Kier alpha value is -2.73. The van der Waals surface area contributed by atoms with Crippen molar-refractivity contribution in [3.63, 3.8) is 0 Å². The van der Waals surface area contributed by atoms with Crippen LogP contribution in [0.15, 0.2) is 53.6 Å². The summed E-state index contributed by atoms with van der Waals surface area (Å²) in [6.45, 7) is 4.07. The normalized spacial score (nSPS) is 12.0. The van der Waals surface area contributed by atoms with Crippen molar-refractivity contribution in [2.24, 2.45) is 0 Å². The Balaban J connectivity index is 1.66. The third-order valence-corrected chi connectivity index (χ3v) is 5.78. The van der Waals surface area contributed by atoms with Crippen LogP contribution in [0.4, 0.5) is 0 Å². The van der Waals surface area contributed by atoms with E-state index >= 15 is 0 Å². The van der Waals surface area contributed by atoms with Gasteiger partial charge in [-0.05, 0) is 37.1 Å². The molecule has 0 unspecified atom stereocenters. The number of H-pyrrole nitrogens is 1. The number of para-hydroxylation sites is 1. The first-order valence-corrected chi connectivity index (χ1v) is 10.1. The number of aryl methyl sites for hydroxylation is 2. The molecule has 0 bridgehead atoms. The number of esters is 1. The number of benzene rings is 2. The summed E-state index contributed by atoms with van der Waals surface area (Å²) < 4.78 is 4.90. The van der Waals surface area contributed by atoms with Crippen LogP contribution in [-0.4, -0.2) is 35.8 Å². The van der Waals surface area contributed by atoms with E-state index in [0.29, 0.717) is 6.42 Å². The van der Waals surface area contributed by atoms with Crippen LogP contribution in [0.2, 0.25) is 0 Å². The Morgan fingerprint density at radius 3 is 2.71 bits per heavy atom. The minimum Gasteiger partial charge on any atom is -0.467 e. The van der Waals surface area contributed by atoms with Gasteiger partial charge in [0.1, 0.15) is 6.04 Å². The molecule has 2 N–H and O–H groups in total. The topological polar surface area (TPSA) is 71.2 Å². The highest BCUT2D eigenvalue weighted by atomic mass is 32.2. The van der Waals surface area contributed by atoms with Gasteiger partial charge in [-0.25, -0.2) is 4.79 Å². The zero-order valence-corrected chi connectivity index (χ0v) is 17.1. The number of rotatable bonds is 7. The molecule has 0 spiro atoms. The lowest BCUT2D eigenvalue weighted by molar-refractivity contribution is -0.144. The summed E-state index contributed by atoms with van der Waals surface area (Å²) in [5.74, 6) is -0.402. The van der Waals surface area contributed by atoms with Crippen LogP contribution in [0.25, 0.3) is 10.9 Å². The molecule has 0 aliphatic heterocycles. The van der Waals surface area contributed by atoms with E-state index in [9.17, 15) is 9.59 Å². The highest BCUT2D eigenvalue weighted by molar-refractivity contribution is 8.00. The van der Waals surface area contributed by atoms with Crippen LogP contribution in [0.5, 0.6) is 0 Å². The van der Waals surface area contributed by atoms with Gasteiger partial charge in [0.25, 0.3) is 0 Å². The summed E-state index contributed by atoms with van der Waals surface area (Å²) >= 11 is 1.47. The van der Waals surface area contributed by atoms with Gasteiger partial charge in [0.05, 0.1) is 12.9 Å². The van der Waals surface area contributed by atoms with Gasteiger partial charge in [-0.3, -0.25) is 4.79 Å². The molecule has 3 rings (SSSR count). The molecular formula is C22H24N2O3S. The molecule has 0 fully saturated rings.